The molecular formula is C12H18F2N2O. The van der Waals surface area contributed by atoms with Gasteiger partial charge in [0, 0.05) is 30.0 Å². The summed E-state index contributed by atoms with van der Waals surface area (Å²) in [4.78, 5) is 3.97. The van der Waals surface area contributed by atoms with Crippen molar-refractivity contribution in [3.63, 3.8) is 0 Å². The molecular weight excluding hydrogens is 226 g/mol. The highest BCUT2D eigenvalue weighted by atomic mass is 19.3. The number of hydrogen-bond donors (Lipinski definition) is 1. The molecule has 0 amide bonds. The molecule has 0 atom stereocenters. The Hall–Kier alpha value is -1.23. The van der Waals surface area contributed by atoms with E-state index in [9.17, 15) is 8.78 Å². The lowest BCUT2D eigenvalue weighted by Crippen LogP contribution is -2.35. The zero-order valence-corrected chi connectivity index (χ0v) is 10.3. The van der Waals surface area contributed by atoms with Gasteiger partial charge >= 0.3 is 0 Å². The smallest absolute Gasteiger partial charge is 0.272 e. The second-order valence-corrected chi connectivity index (χ2v) is 4.79. The summed E-state index contributed by atoms with van der Waals surface area (Å²) in [6.45, 7) is 6.04. The number of pyridine rings is 1. The van der Waals surface area contributed by atoms with Crippen molar-refractivity contribution in [1.29, 1.82) is 0 Å². The monoisotopic (exact) mass is 244 g/mol. The molecule has 0 saturated heterocycles. The third-order valence-electron chi connectivity index (χ3n) is 2.03. The molecule has 0 radical (unpaired) electrons. The number of nitrogens with one attached hydrogen (secondary N) is 1. The Morgan fingerprint density at radius 1 is 1.41 bits per heavy atom. The zero-order chi connectivity index (χ0) is 12.9. The van der Waals surface area contributed by atoms with Crippen LogP contribution in [0.25, 0.3) is 0 Å². The van der Waals surface area contributed by atoms with Crippen LogP contribution in [-0.2, 0) is 6.54 Å². The zero-order valence-electron chi connectivity index (χ0n) is 10.3. The van der Waals surface area contributed by atoms with Crippen LogP contribution in [0.1, 0.15) is 26.3 Å². The number of ether oxygens (including phenoxy) is 1. The fraction of sp³-hybridized carbons (Fsp3) is 0.583. The predicted molar refractivity (Wildman–Crippen MR) is 62.3 cm³/mol. The summed E-state index contributed by atoms with van der Waals surface area (Å²) in [7, 11) is 0. The lowest BCUT2D eigenvalue weighted by atomic mass is 10.1. The van der Waals surface area contributed by atoms with Crippen LogP contribution in [0.15, 0.2) is 18.5 Å². The van der Waals surface area contributed by atoms with Gasteiger partial charge in [-0.3, -0.25) is 4.98 Å². The van der Waals surface area contributed by atoms with E-state index in [0.717, 1.165) is 5.56 Å². The molecule has 1 N–H and O–H groups in total. The van der Waals surface area contributed by atoms with Gasteiger partial charge in [0.2, 0.25) is 0 Å². The summed E-state index contributed by atoms with van der Waals surface area (Å²) in [5.74, 6) is 0.456. The van der Waals surface area contributed by atoms with Crippen LogP contribution in [-0.4, -0.2) is 23.6 Å². The van der Waals surface area contributed by atoms with Crippen molar-refractivity contribution in [2.75, 3.05) is 6.61 Å². The summed E-state index contributed by atoms with van der Waals surface area (Å²) in [6.07, 6.45) is 0.688. The van der Waals surface area contributed by atoms with Gasteiger partial charge in [0.05, 0.1) is 0 Å². The Bertz CT molecular complexity index is 351. The van der Waals surface area contributed by atoms with Gasteiger partial charge in [-0.25, -0.2) is 8.78 Å². The molecule has 0 unspecified atom stereocenters. The summed E-state index contributed by atoms with van der Waals surface area (Å²) in [5, 5.41) is 3.26. The minimum absolute atomic E-state index is 0.0458. The van der Waals surface area contributed by atoms with Crippen molar-refractivity contribution in [3.05, 3.63) is 24.0 Å². The van der Waals surface area contributed by atoms with Gasteiger partial charge in [-0.1, -0.05) is 0 Å². The lowest BCUT2D eigenvalue weighted by molar-refractivity contribution is 0.0812. The van der Waals surface area contributed by atoms with Crippen LogP contribution >= 0.6 is 0 Å². The number of hydrogen-bond acceptors (Lipinski definition) is 3. The first-order valence-corrected chi connectivity index (χ1v) is 5.47. The van der Waals surface area contributed by atoms with E-state index in [1.807, 2.05) is 20.8 Å². The number of alkyl halides is 2. The highest BCUT2D eigenvalue weighted by Gasteiger charge is 2.12. The fourth-order valence-electron chi connectivity index (χ4n) is 1.20. The molecule has 0 bridgehead atoms. The van der Waals surface area contributed by atoms with Crippen molar-refractivity contribution in [2.24, 2.45) is 0 Å². The van der Waals surface area contributed by atoms with Gasteiger partial charge < -0.3 is 10.1 Å². The highest BCUT2D eigenvalue weighted by Crippen LogP contribution is 2.18. The fourth-order valence-corrected chi connectivity index (χ4v) is 1.20. The van der Waals surface area contributed by atoms with E-state index >= 15 is 0 Å². The maximum atomic E-state index is 12.1. The molecule has 0 aromatic carbocycles. The number of nitrogens with zero attached hydrogens (tertiary/aromatic N) is 1. The minimum Gasteiger partial charge on any atom is -0.487 e. The molecule has 1 heterocycles. The van der Waals surface area contributed by atoms with Crippen molar-refractivity contribution in [2.45, 2.75) is 39.3 Å². The van der Waals surface area contributed by atoms with Crippen LogP contribution in [0.2, 0.25) is 0 Å². The van der Waals surface area contributed by atoms with Gasteiger partial charge in [-0.05, 0) is 26.8 Å². The van der Waals surface area contributed by atoms with Gasteiger partial charge in [-0.15, -0.1) is 0 Å². The van der Waals surface area contributed by atoms with Crippen LogP contribution in [0, 0.1) is 0 Å². The Morgan fingerprint density at radius 3 is 2.71 bits per heavy atom. The normalized spacial score (nSPS) is 11.9. The van der Waals surface area contributed by atoms with E-state index in [4.69, 9.17) is 4.74 Å². The van der Waals surface area contributed by atoms with E-state index in [1.54, 1.807) is 12.3 Å². The molecule has 1 rings (SSSR count). The molecule has 0 aliphatic rings. The summed E-state index contributed by atoms with van der Waals surface area (Å²) in [5.41, 5.74) is 0.735. The van der Waals surface area contributed by atoms with Gasteiger partial charge in [-0.2, -0.15) is 0 Å². The Labute approximate surface area is 100 Å². The SMILES string of the molecule is CC(C)(C)NCc1cnccc1OCC(F)F. The maximum Gasteiger partial charge on any atom is 0.272 e. The molecule has 0 saturated carbocycles. The second-order valence-electron chi connectivity index (χ2n) is 4.79. The molecule has 96 valence electrons. The first-order chi connectivity index (χ1) is 7.88. The highest BCUT2D eigenvalue weighted by molar-refractivity contribution is 5.30. The first-order valence-electron chi connectivity index (χ1n) is 5.47. The molecule has 17 heavy (non-hydrogen) atoms. The quantitative estimate of drug-likeness (QED) is 0.864. The Balaban J connectivity index is 2.64. The molecule has 3 nitrogen and oxygen atoms in total. The maximum absolute atomic E-state index is 12.1. The van der Waals surface area contributed by atoms with Crippen LogP contribution in [0.4, 0.5) is 8.78 Å². The number of halogens is 2. The number of aromatic nitrogens is 1. The molecule has 1 aromatic rings. The Kier molecular flexibility index (Phi) is 4.81. The van der Waals surface area contributed by atoms with E-state index in [-0.39, 0.29) is 5.54 Å². The lowest BCUT2D eigenvalue weighted by Gasteiger charge is -2.21. The predicted octanol–water partition coefficient (Wildman–Crippen LogP) is 2.61. The van der Waals surface area contributed by atoms with Crippen molar-refractivity contribution >= 4 is 0 Å². The summed E-state index contributed by atoms with van der Waals surface area (Å²) < 4.78 is 29.2. The average molecular weight is 244 g/mol. The first kappa shape index (κ1) is 13.8. The van der Waals surface area contributed by atoms with Crippen LogP contribution < -0.4 is 10.1 Å². The second kappa shape index (κ2) is 5.91. The minimum atomic E-state index is -2.47. The third-order valence-corrected chi connectivity index (χ3v) is 2.03. The summed E-state index contributed by atoms with van der Waals surface area (Å²) in [6, 6.07) is 1.60. The Morgan fingerprint density at radius 2 is 2.12 bits per heavy atom. The van der Waals surface area contributed by atoms with E-state index < -0.39 is 13.0 Å². The molecule has 0 spiro atoms. The van der Waals surface area contributed by atoms with E-state index in [0.29, 0.717) is 12.3 Å². The topological polar surface area (TPSA) is 34.2 Å². The average Bonchev–Trinajstić information content (AvgIpc) is 2.23. The molecule has 1 aromatic heterocycles. The van der Waals surface area contributed by atoms with Crippen molar-refractivity contribution in [1.82, 2.24) is 10.3 Å². The summed E-state index contributed by atoms with van der Waals surface area (Å²) >= 11 is 0. The van der Waals surface area contributed by atoms with Gasteiger partial charge in [0.15, 0.2) is 0 Å². The van der Waals surface area contributed by atoms with Crippen LogP contribution in [0.5, 0.6) is 5.75 Å². The molecule has 0 aliphatic carbocycles. The van der Waals surface area contributed by atoms with Crippen LogP contribution in [0.3, 0.4) is 0 Å². The molecule has 5 heteroatoms. The van der Waals surface area contributed by atoms with Crippen molar-refractivity contribution < 1.29 is 13.5 Å². The largest absolute Gasteiger partial charge is 0.487 e. The van der Waals surface area contributed by atoms with E-state index in [2.05, 4.69) is 10.3 Å². The third kappa shape index (κ3) is 5.58. The molecule has 0 fully saturated rings. The van der Waals surface area contributed by atoms with Gasteiger partial charge in [0.1, 0.15) is 12.4 Å². The standard InChI is InChI=1S/C12H18F2N2O/c1-12(2,3)16-7-9-6-15-5-4-10(9)17-8-11(13)14/h4-6,11,16H,7-8H2,1-3H3. The van der Waals surface area contributed by atoms with Crippen molar-refractivity contribution in [3.8, 4) is 5.75 Å². The van der Waals surface area contributed by atoms with Gasteiger partial charge in [0.25, 0.3) is 6.43 Å². The molecule has 0 aliphatic heterocycles. The number of rotatable bonds is 5. The van der Waals surface area contributed by atoms with E-state index in [1.165, 1.54) is 6.20 Å².